The molecule has 1 heterocycles. The van der Waals surface area contributed by atoms with Crippen LogP contribution in [-0.2, 0) is 11.4 Å². The van der Waals surface area contributed by atoms with Gasteiger partial charge in [-0.25, -0.2) is 4.99 Å². The Morgan fingerprint density at radius 1 is 1.23 bits per heavy atom. The fourth-order valence-corrected chi connectivity index (χ4v) is 2.05. The van der Waals surface area contributed by atoms with Crippen molar-refractivity contribution in [3.63, 3.8) is 0 Å². The molecule has 5 heteroatoms. The molecule has 0 bridgehead atoms. The first-order valence-corrected chi connectivity index (χ1v) is 6.87. The van der Waals surface area contributed by atoms with Crippen molar-refractivity contribution in [3.8, 4) is 5.75 Å². The molecule has 0 aliphatic heterocycles. The number of hydrogen-bond donors (Lipinski definition) is 0. The first-order valence-electron chi connectivity index (χ1n) is 6.87. The smallest absolute Gasteiger partial charge is 0.251 e. The van der Waals surface area contributed by atoms with Crippen molar-refractivity contribution >= 4 is 12.6 Å². The van der Waals surface area contributed by atoms with Crippen molar-refractivity contribution in [3.05, 3.63) is 58.9 Å². The summed E-state index contributed by atoms with van der Waals surface area (Å²) in [6, 6.07) is 7.76. The van der Waals surface area contributed by atoms with Crippen molar-refractivity contribution in [2.24, 2.45) is 10.1 Å². The van der Waals surface area contributed by atoms with Gasteiger partial charge < -0.3 is 9.57 Å². The molecule has 0 N–H and O–H groups in total. The first-order chi connectivity index (χ1) is 10.6. The van der Waals surface area contributed by atoms with Gasteiger partial charge in [0.15, 0.2) is 0 Å². The monoisotopic (exact) mass is 297 g/mol. The van der Waals surface area contributed by atoms with Gasteiger partial charge in [-0.3, -0.25) is 4.98 Å². The average Bonchev–Trinajstić information content (AvgIpc) is 2.52. The third-order valence-electron chi connectivity index (χ3n) is 3.14. The van der Waals surface area contributed by atoms with Gasteiger partial charge in [0.25, 0.3) is 5.90 Å². The van der Waals surface area contributed by atoms with E-state index in [-0.39, 0.29) is 0 Å². The molecule has 5 nitrogen and oxygen atoms in total. The number of nitrogens with zero attached hydrogens (tertiary/aromatic N) is 3. The second kappa shape index (κ2) is 7.36. The fourth-order valence-electron chi connectivity index (χ4n) is 2.05. The lowest BCUT2D eigenvalue weighted by molar-refractivity contribution is 0.331. The minimum atomic E-state index is 0.398. The molecule has 0 fully saturated rings. The number of aromatic nitrogens is 1. The number of rotatable bonds is 5. The van der Waals surface area contributed by atoms with E-state index in [9.17, 15) is 0 Å². The standard InChI is InChI=1S/C17H19N3O2/c1-12-7-14(10-19-9-12)11-20-17(22-18-3)15-6-5-13(2)16(8-15)21-4/h5-10H,3,11H2,1-2,4H3. The van der Waals surface area contributed by atoms with Crippen LogP contribution in [0.5, 0.6) is 5.75 Å². The number of methoxy groups -OCH3 is 1. The van der Waals surface area contributed by atoms with Gasteiger partial charge in [0, 0.05) is 24.7 Å². The minimum absolute atomic E-state index is 0.398. The van der Waals surface area contributed by atoms with Gasteiger partial charge >= 0.3 is 0 Å². The van der Waals surface area contributed by atoms with E-state index < -0.39 is 0 Å². The van der Waals surface area contributed by atoms with Crippen LogP contribution in [0.15, 0.2) is 46.8 Å². The Morgan fingerprint density at radius 2 is 2.05 bits per heavy atom. The van der Waals surface area contributed by atoms with E-state index in [1.54, 1.807) is 19.5 Å². The molecule has 1 aromatic heterocycles. The van der Waals surface area contributed by atoms with Gasteiger partial charge in [0.2, 0.25) is 0 Å². The summed E-state index contributed by atoms with van der Waals surface area (Å²) < 4.78 is 5.33. The molecule has 0 atom stereocenters. The quantitative estimate of drug-likeness (QED) is 0.483. The zero-order chi connectivity index (χ0) is 15.9. The van der Waals surface area contributed by atoms with Gasteiger partial charge in [-0.05, 0) is 42.7 Å². The first kappa shape index (κ1) is 15.7. The summed E-state index contributed by atoms with van der Waals surface area (Å²) in [5, 5.41) is 3.48. The summed E-state index contributed by atoms with van der Waals surface area (Å²) in [5.41, 5.74) is 3.92. The molecular weight excluding hydrogens is 278 g/mol. The van der Waals surface area contributed by atoms with Crippen molar-refractivity contribution in [1.82, 2.24) is 4.98 Å². The van der Waals surface area contributed by atoms with Crippen molar-refractivity contribution in [1.29, 1.82) is 0 Å². The van der Waals surface area contributed by atoms with Crippen LogP contribution in [0.25, 0.3) is 0 Å². The number of benzene rings is 1. The highest BCUT2D eigenvalue weighted by Gasteiger charge is 2.09. The van der Waals surface area contributed by atoms with E-state index in [0.29, 0.717) is 12.4 Å². The number of ether oxygens (including phenoxy) is 1. The third-order valence-corrected chi connectivity index (χ3v) is 3.14. The summed E-state index contributed by atoms with van der Waals surface area (Å²) in [6.45, 7) is 7.78. The van der Waals surface area contributed by atoms with Crippen LogP contribution in [0.1, 0.15) is 22.3 Å². The molecule has 2 aromatic rings. The van der Waals surface area contributed by atoms with Crippen LogP contribution >= 0.6 is 0 Å². The van der Waals surface area contributed by atoms with Crippen LogP contribution in [0, 0.1) is 13.8 Å². The van der Waals surface area contributed by atoms with Crippen LogP contribution in [0.3, 0.4) is 0 Å². The summed E-state index contributed by atoms with van der Waals surface area (Å²) in [6.07, 6.45) is 3.59. The zero-order valence-electron chi connectivity index (χ0n) is 13.0. The van der Waals surface area contributed by atoms with E-state index in [1.807, 2.05) is 38.1 Å². The largest absolute Gasteiger partial charge is 0.496 e. The molecular formula is C17H19N3O2. The Bertz CT molecular complexity index is 696. The molecule has 0 amide bonds. The van der Waals surface area contributed by atoms with Crippen LogP contribution in [0.2, 0.25) is 0 Å². The van der Waals surface area contributed by atoms with Gasteiger partial charge in [0.1, 0.15) is 5.75 Å². The fraction of sp³-hybridized carbons (Fsp3) is 0.235. The molecule has 0 radical (unpaired) electrons. The van der Waals surface area contributed by atoms with Crippen molar-refractivity contribution in [2.45, 2.75) is 20.4 Å². The lowest BCUT2D eigenvalue weighted by Crippen LogP contribution is -2.05. The van der Waals surface area contributed by atoms with Gasteiger partial charge in [-0.2, -0.15) is 0 Å². The number of aliphatic imine (C=N–C) groups is 1. The summed E-state index contributed by atoms with van der Waals surface area (Å²) in [7, 11) is 1.63. The highest BCUT2D eigenvalue weighted by molar-refractivity contribution is 5.94. The van der Waals surface area contributed by atoms with Crippen LogP contribution < -0.4 is 4.74 Å². The number of pyridine rings is 1. The Balaban J connectivity index is 2.29. The average molecular weight is 297 g/mol. The van der Waals surface area contributed by atoms with Gasteiger partial charge in [-0.15, -0.1) is 0 Å². The summed E-state index contributed by atoms with van der Waals surface area (Å²) in [4.78, 5) is 13.8. The third kappa shape index (κ3) is 3.91. The number of oxime groups is 1. The van der Waals surface area contributed by atoms with E-state index in [2.05, 4.69) is 21.8 Å². The van der Waals surface area contributed by atoms with Crippen LogP contribution in [0.4, 0.5) is 0 Å². The molecule has 0 saturated carbocycles. The topological polar surface area (TPSA) is 56.1 Å². The molecule has 0 spiro atoms. The maximum absolute atomic E-state index is 5.33. The predicted octanol–water partition coefficient (Wildman–Crippen LogP) is 3.29. The summed E-state index contributed by atoms with van der Waals surface area (Å²) >= 11 is 0. The van der Waals surface area contributed by atoms with E-state index in [4.69, 9.17) is 9.57 Å². The Morgan fingerprint density at radius 3 is 2.73 bits per heavy atom. The highest BCUT2D eigenvalue weighted by atomic mass is 16.6. The normalized spacial score (nSPS) is 11.1. The van der Waals surface area contributed by atoms with E-state index in [1.165, 1.54) is 0 Å². The second-order valence-electron chi connectivity index (χ2n) is 4.90. The molecule has 2 rings (SSSR count). The maximum Gasteiger partial charge on any atom is 0.251 e. The highest BCUT2D eigenvalue weighted by Crippen LogP contribution is 2.20. The lowest BCUT2D eigenvalue weighted by Gasteiger charge is -2.08. The Hall–Kier alpha value is -2.69. The van der Waals surface area contributed by atoms with E-state index >= 15 is 0 Å². The van der Waals surface area contributed by atoms with E-state index in [0.717, 1.165) is 28.0 Å². The molecule has 1 aromatic carbocycles. The van der Waals surface area contributed by atoms with Crippen molar-refractivity contribution < 1.29 is 9.57 Å². The number of hydrogen-bond acceptors (Lipinski definition) is 5. The predicted molar refractivity (Wildman–Crippen MR) is 87.6 cm³/mol. The maximum atomic E-state index is 5.33. The van der Waals surface area contributed by atoms with Gasteiger partial charge in [-0.1, -0.05) is 17.3 Å². The number of aryl methyl sites for hydroxylation is 2. The molecule has 0 saturated heterocycles. The Kier molecular flexibility index (Phi) is 5.25. The molecule has 114 valence electrons. The lowest BCUT2D eigenvalue weighted by atomic mass is 10.1. The summed E-state index contributed by atoms with van der Waals surface area (Å²) in [5.74, 6) is 1.17. The second-order valence-corrected chi connectivity index (χ2v) is 4.90. The molecule has 0 aliphatic rings. The minimum Gasteiger partial charge on any atom is -0.496 e. The SMILES string of the molecule is C=NOC(=NCc1cncc(C)c1)c1ccc(C)c(OC)c1. The van der Waals surface area contributed by atoms with Gasteiger partial charge in [0.05, 0.1) is 13.7 Å². The molecule has 0 unspecified atom stereocenters. The molecule has 22 heavy (non-hydrogen) atoms. The molecule has 0 aliphatic carbocycles. The zero-order valence-corrected chi connectivity index (χ0v) is 13.0. The Labute approximate surface area is 130 Å². The van der Waals surface area contributed by atoms with Crippen molar-refractivity contribution in [2.75, 3.05) is 7.11 Å². The van der Waals surface area contributed by atoms with Crippen LogP contribution in [-0.4, -0.2) is 24.7 Å².